The summed E-state index contributed by atoms with van der Waals surface area (Å²) in [4.78, 5) is 16.5. The van der Waals surface area contributed by atoms with E-state index < -0.39 is 0 Å². The van der Waals surface area contributed by atoms with Gasteiger partial charge in [-0.1, -0.05) is 159 Å². The van der Waals surface area contributed by atoms with E-state index in [0.717, 1.165) is 105 Å². The maximum Gasteiger partial charge on any atom is 0.193 e. The second kappa shape index (κ2) is 13.8. The Morgan fingerprint density at radius 1 is 0.468 bits per heavy atom. The van der Waals surface area contributed by atoms with Crippen LogP contribution in [-0.2, 0) is 5.41 Å². The molecule has 0 fully saturated rings. The number of ketones is 1. The molecule has 0 unspecified atom stereocenters. The summed E-state index contributed by atoms with van der Waals surface area (Å²) in [6.45, 7) is 4.43. The molecule has 0 radical (unpaired) electrons. The van der Waals surface area contributed by atoms with Gasteiger partial charge in [0.2, 0.25) is 0 Å². The Morgan fingerprint density at radius 2 is 1.10 bits per heavy atom. The van der Waals surface area contributed by atoms with Crippen molar-refractivity contribution in [2.24, 2.45) is 0 Å². The topological polar surface area (TPSA) is 38.4 Å². The van der Waals surface area contributed by atoms with Crippen molar-refractivity contribution in [1.29, 1.82) is 0 Å². The first kappa shape index (κ1) is 35.9. The highest BCUT2D eigenvalue weighted by molar-refractivity contribution is 6.19. The summed E-state index contributed by atoms with van der Waals surface area (Å²) in [5.41, 5.74) is 15.7. The van der Waals surface area contributed by atoms with Crippen LogP contribution in [0.15, 0.2) is 211 Å². The zero-order valence-corrected chi connectivity index (χ0v) is 34.3. The van der Waals surface area contributed by atoms with E-state index in [0.29, 0.717) is 0 Å². The molecule has 9 aromatic carbocycles. The molecule has 0 atom stereocenters. The Labute approximate surface area is 359 Å². The average molecular weight is 797 g/mol. The van der Waals surface area contributed by atoms with E-state index in [1.54, 1.807) is 0 Å². The van der Waals surface area contributed by atoms with Crippen LogP contribution in [-0.4, -0.2) is 10.4 Å². The number of carbonyl (C=O) groups excluding carboxylic acids is 1. The quantitative estimate of drug-likeness (QED) is 0.168. The summed E-state index contributed by atoms with van der Waals surface area (Å²) in [6.07, 6.45) is 0. The van der Waals surface area contributed by atoms with Crippen molar-refractivity contribution in [2.45, 2.75) is 19.3 Å². The summed E-state index contributed by atoms with van der Waals surface area (Å²) in [7, 11) is 0. The summed E-state index contributed by atoms with van der Waals surface area (Å²) < 4.78 is 9.12. The van der Waals surface area contributed by atoms with Gasteiger partial charge in [-0.3, -0.25) is 4.79 Å². The molecule has 11 aromatic rings. The molecule has 0 bridgehead atoms. The monoisotopic (exact) mass is 796 g/mol. The van der Waals surface area contributed by atoms with E-state index in [9.17, 15) is 4.79 Å². The van der Waals surface area contributed by atoms with Gasteiger partial charge >= 0.3 is 0 Å². The fourth-order valence-corrected chi connectivity index (χ4v) is 9.99. The zero-order chi connectivity index (χ0) is 41.5. The van der Waals surface area contributed by atoms with Gasteiger partial charge in [0.05, 0.1) is 22.4 Å². The van der Waals surface area contributed by atoms with Crippen molar-refractivity contribution in [3.05, 3.63) is 229 Å². The maximum absolute atomic E-state index is 14.1. The van der Waals surface area contributed by atoms with Gasteiger partial charge in [-0.05, 0) is 94.0 Å². The first-order chi connectivity index (χ1) is 30.4. The van der Waals surface area contributed by atoms with Crippen LogP contribution in [0.4, 0.5) is 17.1 Å². The molecule has 12 rings (SSSR count). The van der Waals surface area contributed by atoms with Crippen molar-refractivity contribution in [1.82, 2.24) is 4.57 Å². The lowest BCUT2D eigenvalue weighted by molar-refractivity contribution is 0.103. The largest absolute Gasteiger partial charge is 0.454 e. The van der Waals surface area contributed by atoms with Crippen molar-refractivity contribution in [3.8, 4) is 27.9 Å². The van der Waals surface area contributed by atoms with Gasteiger partial charge in [0.25, 0.3) is 0 Å². The molecule has 0 spiro atoms. The minimum atomic E-state index is -0.293. The van der Waals surface area contributed by atoms with Crippen LogP contribution in [0.5, 0.6) is 0 Å². The molecule has 0 N–H and O–H groups in total. The number of carbonyl (C=O) groups is 1. The predicted molar refractivity (Wildman–Crippen MR) is 256 cm³/mol. The van der Waals surface area contributed by atoms with Crippen molar-refractivity contribution in [2.75, 3.05) is 4.90 Å². The van der Waals surface area contributed by atoms with Gasteiger partial charge < -0.3 is 13.9 Å². The number of para-hydroxylation sites is 3. The number of furan rings is 1. The molecule has 294 valence electrons. The van der Waals surface area contributed by atoms with Crippen LogP contribution in [0.3, 0.4) is 0 Å². The first-order valence-electron chi connectivity index (χ1n) is 21.2. The molecule has 0 aliphatic heterocycles. The van der Waals surface area contributed by atoms with E-state index in [2.05, 4.69) is 199 Å². The van der Waals surface area contributed by atoms with Crippen molar-refractivity contribution in [3.63, 3.8) is 0 Å². The van der Waals surface area contributed by atoms with Gasteiger partial charge in [0.1, 0.15) is 5.58 Å². The lowest BCUT2D eigenvalue weighted by atomic mass is 9.68. The van der Waals surface area contributed by atoms with Crippen LogP contribution in [0.25, 0.3) is 71.7 Å². The zero-order valence-electron chi connectivity index (χ0n) is 34.3. The van der Waals surface area contributed by atoms with Gasteiger partial charge in [-0.25, -0.2) is 0 Å². The summed E-state index contributed by atoms with van der Waals surface area (Å²) in [5.74, 6) is 0.0808. The highest BCUT2D eigenvalue weighted by Crippen LogP contribution is 2.48. The Morgan fingerprint density at radius 3 is 1.94 bits per heavy atom. The number of hydrogen-bond acceptors (Lipinski definition) is 3. The summed E-state index contributed by atoms with van der Waals surface area (Å²) in [5, 5.41) is 4.40. The Bertz CT molecular complexity index is 3560. The van der Waals surface area contributed by atoms with E-state index in [1.807, 2.05) is 30.3 Å². The molecule has 2 aromatic heterocycles. The lowest BCUT2D eigenvalue weighted by Gasteiger charge is -2.34. The molecule has 62 heavy (non-hydrogen) atoms. The number of anilines is 3. The van der Waals surface area contributed by atoms with Crippen LogP contribution < -0.4 is 4.90 Å². The fourth-order valence-electron chi connectivity index (χ4n) is 9.99. The third-order valence-corrected chi connectivity index (χ3v) is 13.0. The number of aromatic nitrogens is 1. The van der Waals surface area contributed by atoms with E-state index in [4.69, 9.17) is 4.42 Å². The molecule has 1 aliphatic carbocycles. The van der Waals surface area contributed by atoms with Gasteiger partial charge in [-0.15, -0.1) is 0 Å². The molecule has 4 heteroatoms. The molecular formula is C58H40N2O2. The third kappa shape index (κ3) is 5.43. The smallest absolute Gasteiger partial charge is 0.193 e. The Hall–Kier alpha value is -7.95. The number of hydrogen-bond donors (Lipinski definition) is 0. The molecule has 1 aliphatic rings. The van der Waals surface area contributed by atoms with Gasteiger partial charge in [0.15, 0.2) is 11.4 Å². The summed E-state index contributed by atoms with van der Waals surface area (Å²) in [6, 6.07) is 72.5. The second-order valence-corrected chi connectivity index (χ2v) is 16.8. The standard InChI is InChI=1S/C58H40N2O2/c1-58(2)48-22-11-9-20-45(48)56(61)47-35-39(30-34-49(47)58)40-29-33-46-53(36-40)60(41-17-7-4-8-18-41)51-24-14-23-50(55(46)51)59(42-31-27-38(28-32-42)37-15-5-3-6-16-37)52-25-13-21-44-43-19-10-12-26-54(43)62-57(44)52/h3-36H,1-2H3. The molecule has 0 saturated carbocycles. The van der Waals surface area contributed by atoms with Crippen LogP contribution in [0, 0.1) is 0 Å². The number of nitrogens with zero attached hydrogens (tertiary/aromatic N) is 2. The number of rotatable bonds is 6. The molecule has 4 nitrogen and oxygen atoms in total. The molecule has 0 saturated heterocycles. The molecule has 0 amide bonds. The highest BCUT2D eigenvalue weighted by atomic mass is 16.3. The predicted octanol–water partition coefficient (Wildman–Crippen LogP) is 15.4. The van der Waals surface area contributed by atoms with Crippen molar-refractivity contribution >= 4 is 66.6 Å². The van der Waals surface area contributed by atoms with Crippen molar-refractivity contribution < 1.29 is 9.21 Å². The minimum Gasteiger partial charge on any atom is -0.454 e. The first-order valence-corrected chi connectivity index (χ1v) is 21.2. The molecule has 2 heterocycles. The van der Waals surface area contributed by atoms with Crippen LogP contribution >= 0.6 is 0 Å². The normalized spacial score (nSPS) is 13.2. The number of fused-ring (bicyclic) bond motifs is 8. The second-order valence-electron chi connectivity index (χ2n) is 16.8. The van der Waals surface area contributed by atoms with E-state index >= 15 is 0 Å². The Kier molecular flexibility index (Phi) is 8.00. The minimum absolute atomic E-state index is 0.0808. The lowest BCUT2D eigenvalue weighted by Crippen LogP contribution is -2.30. The Balaban J connectivity index is 1.10. The van der Waals surface area contributed by atoms with Crippen LogP contribution in [0.2, 0.25) is 0 Å². The summed E-state index contributed by atoms with van der Waals surface area (Å²) >= 11 is 0. The van der Waals surface area contributed by atoms with E-state index in [-0.39, 0.29) is 11.2 Å². The fraction of sp³-hybridized carbons (Fsp3) is 0.0517. The van der Waals surface area contributed by atoms with Gasteiger partial charge in [0, 0.05) is 49.5 Å². The van der Waals surface area contributed by atoms with Crippen LogP contribution in [0.1, 0.15) is 40.9 Å². The van der Waals surface area contributed by atoms with E-state index in [1.165, 1.54) is 5.56 Å². The SMILES string of the molecule is CC1(C)c2ccccc2C(=O)c2cc(-c3ccc4c5c(N(c6ccc(-c7ccccc7)cc6)c6cccc7c6oc6ccccc67)cccc5n(-c5ccccc5)c4c3)ccc21. The third-order valence-electron chi connectivity index (χ3n) is 13.0. The maximum atomic E-state index is 14.1. The average Bonchev–Trinajstić information content (AvgIpc) is 3.88. The molecular weight excluding hydrogens is 757 g/mol. The highest BCUT2D eigenvalue weighted by Gasteiger charge is 2.36. The number of benzene rings is 9. The van der Waals surface area contributed by atoms with Gasteiger partial charge in [-0.2, -0.15) is 0 Å².